The summed E-state index contributed by atoms with van der Waals surface area (Å²) >= 11 is 0. The van der Waals surface area contributed by atoms with Crippen molar-refractivity contribution in [3.63, 3.8) is 0 Å². The maximum Gasteiger partial charge on any atom is 0.348 e. The quantitative estimate of drug-likeness (QED) is 0.335. The summed E-state index contributed by atoms with van der Waals surface area (Å²) in [6, 6.07) is 16.9. The van der Waals surface area contributed by atoms with Gasteiger partial charge >= 0.3 is 5.97 Å². The van der Waals surface area contributed by atoms with Gasteiger partial charge in [0.2, 0.25) is 0 Å². The molecule has 4 rings (SSSR count). The summed E-state index contributed by atoms with van der Waals surface area (Å²) in [5.41, 5.74) is 4.45. The van der Waals surface area contributed by atoms with Gasteiger partial charge in [0.25, 0.3) is 5.82 Å². The maximum absolute atomic E-state index is 13.4. The van der Waals surface area contributed by atoms with Crippen LogP contribution < -0.4 is 9.47 Å². The highest BCUT2D eigenvalue weighted by molar-refractivity contribution is 5.77. The van der Waals surface area contributed by atoms with Crippen molar-refractivity contribution in [1.82, 2.24) is 4.57 Å². The zero-order valence-electron chi connectivity index (χ0n) is 21.6. The van der Waals surface area contributed by atoms with Gasteiger partial charge < -0.3 is 9.64 Å². The Morgan fingerprint density at radius 2 is 1.82 bits per heavy atom. The molecule has 0 bridgehead atoms. The second-order valence-electron chi connectivity index (χ2n) is 10.4. The number of aryl methyl sites for hydroxylation is 1. The Morgan fingerprint density at radius 1 is 1.12 bits per heavy atom. The zero-order valence-corrected chi connectivity index (χ0v) is 21.6. The van der Waals surface area contributed by atoms with Crippen molar-refractivity contribution in [2.45, 2.75) is 66.2 Å². The van der Waals surface area contributed by atoms with Crippen LogP contribution >= 0.6 is 0 Å². The topological polar surface area (TPSA) is 38.4 Å². The van der Waals surface area contributed by atoms with Crippen LogP contribution in [0.3, 0.4) is 0 Å². The fourth-order valence-corrected chi connectivity index (χ4v) is 5.58. The van der Waals surface area contributed by atoms with E-state index in [-0.39, 0.29) is 18.6 Å². The van der Waals surface area contributed by atoms with E-state index in [1.807, 2.05) is 20.2 Å². The molecule has 3 aromatic rings. The lowest BCUT2D eigenvalue weighted by Gasteiger charge is -2.36. The van der Waals surface area contributed by atoms with E-state index in [2.05, 4.69) is 84.2 Å². The number of aromatic nitrogens is 2. The first kappa shape index (κ1) is 24.3. The third-order valence-corrected chi connectivity index (χ3v) is 7.46. The average Bonchev–Trinajstić information content (AvgIpc) is 3.12. The molecule has 3 atom stereocenters. The van der Waals surface area contributed by atoms with E-state index in [1.54, 1.807) is 0 Å². The van der Waals surface area contributed by atoms with E-state index >= 15 is 0 Å². The number of ether oxygens (including phenoxy) is 1. The molecule has 182 valence electrons. The van der Waals surface area contributed by atoms with Crippen LogP contribution in [0, 0.1) is 17.8 Å². The molecule has 0 N–H and O–H groups in total. The van der Waals surface area contributed by atoms with Crippen LogP contribution in [0.2, 0.25) is 0 Å². The zero-order chi connectivity index (χ0) is 24.4. The molecule has 5 nitrogen and oxygen atoms in total. The first-order valence-electron chi connectivity index (χ1n) is 12.8. The molecular formula is C29H40N3O2+. The number of benzene rings is 2. The van der Waals surface area contributed by atoms with Gasteiger partial charge in [0, 0.05) is 19.8 Å². The molecule has 1 aromatic heterocycles. The van der Waals surface area contributed by atoms with Gasteiger partial charge in [-0.25, -0.2) is 13.9 Å². The smallest absolute Gasteiger partial charge is 0.348 e. The Bertz CT molecular complexity index is 1130. The summed E-state index contributed by atoms with van der Waals surface area (Å²) in [4.78, 5) is 15.5. The van der Waals surface area contributed by atoms with Crippen LogP contribution in [-0.2, 0) is 22.6 Å². The molecule has 5 heteroatoms. The molecule has 0 aliphatic heterocycles. The van der Waals surface area contributed by atoms with Crippen LogP contribution in [0.4, 0.5) is 5.69 Å². The number of anilines is 1. The van der Waals surface area contributed by atoms with E-state index in [0.717, 1.165) is 47.5 Å². The van der Waals surface area contributed by atoms with Gasteiger partial charge in [-0.2, -0.15) is 0 Å². The Labute approximate surface area is 204 Å². The number of esters is 1. The highest BCUT2D eigenvalue weighted by Crippen LogP contribution is 2.35. The predicted molar refractivity (Wildman–Crippen MR) is 139 cm³/mol. The molecule has 1 saturated carbocycles. The van der Waals surface area contributed by atoms with Gasteiger partial charge in [-0.05, 0) is 73.9 Å². The number of imidazole rings is 1. The Kier molecular flexibility index (Phi) is 7.30. The average molecular weight is 463 g/mol. The molecule has 0 radical (unpaired) electrons. The maximum atomic E-state index is 13.4. The number of rotatable bonds is 7. The van der Waals surface area contributed by atoms with Crippen molar-refractivity contribution < 1.29 is 14.1 Å². The van der Waals surface area contributed by atoms with Crippen LogP contribution in [-0.4, -0.2) is 30.7 Å². The van der Waals surface area contributed by atoms with Crippen molar-refractivity contribution in [2.75, 3.05) is 19.0 Å². The van der Waals surface area contributed by atoms with E-state index < -0.39 is 0 Å². The third-order valence-electron chi connectivity index (χ3n) is 7.46. The standard InChI is InChI=1S/C29H40N3O2/c1-7-31-25-10-8-9-11-26(25)32(29(31)22-13-15-23(16-14-22)30(5)6)19-28(33)34-27-18-21(4)12-17-24(27)20(2)3/h8-11,13-16,20-21,24,27H,7,12,17-19H2,1-6H3/q+1/t21-,24+,27-/m1/s1. The molecule has 0 unspecified atom stereocenters. The minimum absolute atomic E-state index is 0.0131. The number of carbonyl (C=O) groups excluding carboxylic acids is 1. The first-order valence-corrected chi connectivity index (χ1v) is 12.8. The molecule has 1 aliphatic carbocycles. The minimum atomic E-state index is -0.139. The number of carbonyl (C=O) groups is 1. The molecule has 0 spiro atoms. The van der Waals surface area contributed by atoms with Crippen LogP contribution in [0.1, 0.15) is 47.0 Å². The predicted octanol–water partition coefficient (Wildman–Crippen LogP) is 5.69. The van der Waals surface area contributed by atoms with Gasteiger partial charge in [0.15, 0.2) is 17.6 Å². The van der Waals surface area contributed by atoms with E-state index in [4.69, 9.17) is 4.74 Å². The Balaban J connectivity index is 1.70. The molecule has 0 amide bonds. The first-order chi connectivity index (χ1) is 16.3. The highest BCUT2D eigenvalue weighted by Gasteiger charge is 2.35. The highest BCUT2D eigenvalue weighted by atomic mass is 16.5. The van der Waals surface area contributed by atoms with Crippen LogP contribution in [0.5, 0.6) is 0 Å². The third kappa shape index (κ3) is 4.84. The summed E-state index contributed by atoms with van der Waals surface area (Å²) < 4.78 is 10.6. The van der Waals surface area contributed by atoms with E-state index in [1.165, 1.54) is 6.42 Å². The van der Waals surface area contributed by atoms with Crippen molar-refractivity contribution in [3.8, 4) is 11.4 Å². The van der Waals surface area contributed by atoms with Crippen molar-refractivity contribution in [3.05, 3.63) is 48.5 Å². The van der Waals surface area contributed by atoms with E-state index in [0.29, 0.717) is 17.8 Å². The number of nitrogens with zero attached hydrogens (tertiary/aromatic N) is 3. The number of hydrogen-bond acceptors (Lipinski definition) is 3. The van der Waals surface area contributed by atoms with Gasteiger partial charge in [0.05, 0.1) is 12.1 Å². The summed E-state index contributed by atoms with van der Waals surface area (Å²) in [6.45, 7) is 9.97. The largest absolute Gasteiger partial charge is 0.459 e. The Morgan fingerprint density at radius 3 is 2.47 bits per heavy atom. The lowest BCUT2D eigenvalue weighted by atomic mass is 9.75. The summed E-state index contributed by atoms with van der Waals surface area (Å²) in [5.74, 6) is 2.47. The van der Waals surface area contributed by atoms with Crippen LogP contribution in [0.15, 0.2) is 48.5 Å². The molecule has 0 saturated heterocycles. The van der Waals surface area contributed by atoms with Gasteiger partial charge in [-0.1, -0.05) is 39.3 Å². The lowest BCUT2D eigenvalue weighted by molar-refractivity contribution is -0.649. The summed E-state index contributed by atoms with van der Waals surface area (Å²) in [5, 5.41) is 0. The molecule has 1 aliphatic rings. The molecule has 1 fully saturated rings. The van der Waals surface area contributed by atoms with Gasteiger partial charge in [-0.15, -0.1) is 0 Å². The van der Waals surface area contributed by atoms with Crippen LogP contribution in [0.25, 0.3) is 22.4 Å². The van der Waals surface area contributed by atoms with Gasteiger partial charge in [-0.3, -0.25) is 0 Å². The van der Waals surface area contributed by atoms with Crippen molar-refractivity contribution in [2.24, 2.45) is 17.8 Å². The molecule has 34 heavy (non-hydrogen) atoms. The molecular weight excluding hydrogens is 422 g/mol. The summed E-state index contributed by atoms with van der Waals surface area (Å²) in [6.07, 6.45) is 3.35. The lowest BCUT2D eigenvalue weighted by Crippen LogP contribution is -2.43. The second-order valence-corrected chi connectivity index (χ2v) is 10.4. The molecule has 2 aromatic carbocycles. The fraction of sp³-hybridized carbons (Fsp3) is 0.517. The normalized spacial score (nSPS) is 20.6. The summed E-state index contributed by atoms with van der Waals surface area (Å²) in [7, 11) is 4.09. The number of fused-ring (bicyclic) bond motifs is 1. The van der Waals surface area contributed by atoms with E-state index in [9.17, 15) is 4.79 Å². The minimum Gasteiger partial charge on any atom is -0.459 e. The SMILES string of the molecule is CCn1c(-c2ccc(N(C)C)cc2)[n+](CC(=O)O[C@@H]2C[C@H](C)CC[C@H]2C(C)C)c2ccccc21. The Hall–Kier alpha value is -2.82. The second kappa shape index (κ2) is 10.2. The monoisotopic (exact) mass is 462 g/mol. The molecule has 1 heterocycles. The fourth-order valence-electron chi connectivity index (χ4n) is 5.58. The number of hydrogen-bond donors (Lipinski definition) is 0. The van der Waals surface area contributed by atoms with Crippen molar-refractivity contribution in [1.29, 1.82) is 0 Å². The van der Waals surface area contributed by atoms with Gasteiger partial charge in [0.1, 0.15) is 6.10 Å². The van der Waals surface area contributed by atoms with Crippen molar-refractivity contribution >= 4 is 22.7 Å². The number of para-hydroxylation sites is 2.